The van der Waals surface area contributed by atoms with Gasteiger partial charge in [0.15, 0.2) is 9.66 Å². The van der Waals surface area contributed by atoms with Crippen molar-refractivity contribution in [3.8, 4) is 27.0 Å². The predicted molar refractivity (Wildman–Crippen MR) is 128 cm³/mol. The van der Waals surface area contributed by atoms with Crippen LogP contribution in [0, 0.1) is 0 Å². The molecule has 1 aliphatic heterocycles. The molecule has 0 spiro atoms. The number of aromatic nitrogens is 6. The van der Waals surface area contributed by atoms with Gasteiger partial charge >= 0.3 is 0 Å². The third-order valence-electron chi connectivity index (χ3n) is 5.40. The van der Waals surface area contributed by atoms with Crippen LogP contribution in [0.25, 0.3) is 42.4 Å². The van der Waals surface area contributed by atoms with Crippen LogP contribution in [-0.2, 0) is 4.79 Å². The van der Waals surface area contributed by atoms with Gasteiger partial charge in [-0.3, -0.25) is 14.9 Å². The Bertz CT molecular complexity index is 1340. The van der Waals surface area contributed by atoms with Gasteiger partial charge in [-0.15, -0.1) is 0 Å². The predicted octanol–water partition coefficient (Wildman–Crippen LogP) is 3.91. The molecule has 0 aromatic carbocycles. The lowest BCUT2D eigenvalue weighted by Gasteiger charge is -2.27. The number of nitrogens with zero attached hydrogens (tertiary/aromatic N) is 4. The van der Waals surface area contributed by atoms with E-state index in [9.17, 15) is 0 Å². The topological polar surface area (TPSA) is 142 Å². The van der Waals surface area contributed by atoms with Crippen LogP contribution >= 0.6 is 22.7 Å². The van der Waals surface area contributed by atoms with Gasteiger partial charge in [-0.05, 0) is 32.4 Å². The molecule has 33 heavy (non-hydrogen) atoms. The largest absolute Gasteiger partial charge is 0.483 e. The Morgan fingerprint density at radius 2 is 2.09 bits per heavy atom. The summed E-state index contributed by atoms with van der Waals surface area (Å²) in [6.45, 7) is 2.92. The van der Waals surface area contributed by atoms with Crippen LogP contribution in [0.4, 0.5) is 0 Å². The summed E-state index contributed by atoms with van der Waals surface area (Å²) >= 11 is 3.06. The fraction of sp³-hybridized carbons (Fsp3) is 0.286. The molecule has 12 heteroatoms. The van der Waals surface area contributed by atoms with Crippen LogP contribution in [0.2, 0.25) is 0 Å². The molecule has 5 aromatic heterocycles. The summed E-state index contributed by atoms with van der Waals surface area (Å²) in [5.74, 6) is 0. The Hall–Kier alpha value is -3.35. The molecule has 0 unspecified atom stereocenters. The number of rotatable bonds is 4. The van der Waals surface area contributed by atoms with Gasteiger partial charge in [-0.25, -0.2) is 4.98 Å². The Balaban J connectivity index is 0.000000724. The van der Waals surface area contributed by atoms with Crippen molar-refractivity contribution in [3.63, 3.8) is 0 Å². The van der Waals surface area contributed by atoms with E-state index in [1.807, 2.05) is 24.8 Å². The first kappa shape index (κ1) is 21.5. The lowest BCUT2D eigenvalue weighted by Crippen LogP contribution is -2.40. The van der Waals surface area contributed by atoms with Crippen molar-refractivity contribution >= 4 is 49.7 Å². The highest BCUT2D eigenvalue weighted by Crippen LogP contribution is 2.41. The second-order valence-corrected chi connectivity index (χ2v) is 9.53. The van der Waals surface area contributed by atoms with E-state index in [0.717, 1.165) is 61.8 Å². The maximum Gasteiger partial charge on any atom is 0.290 e. The molecule has 0 radical (unpaired) electrons. The molecule has 1 saturated heterocycles. The summed E-state index contributed by atoms with van der Waals surface area (Å²) in [5, 5.41) is 20.0. The molecule has 0 aliphatic carbocycles. The van der Waals surface area contributed by atoms with Gasteiger partial charge in [0, 0.05) is 34.9 Å². The van der Waals surface area contributed by atoms with Gasteiger partial charge in [0.25, 0.3) is 11.7 Å². The van der Waals surface area contributed by atoms with Crippen molar-refractivity contribution in [1.82, 2.24) is 35.5 Å². The minimum Gasteiger partial charge on any atom is -0.483 e. The minimum atomic E-state index is -0.250. The van der Waals surface area contributed by atoms with E-state index >= 15 is 0 Å². The summed E-state index contributed by atoms with van der Waals surface area (Å²) in [6.07, 6.45) is 9.69. The van der Waals surface area contributed by atoms with Crippen LogP contribution in [-0.4, -0.2) is 60.4 Å². The highest BCUT2D eigenvalue weighted by molar-refractivity contribution is 7.28. The number of thiazole rings is 2. The van der Waals surface area contributed by atoms with Crippen molar-refractivity contribution in [3.05, 3.63) is 30.9 Å². The lowest BCUT2D eigenvalue weighted by atomic mass is 10.0. The summed E-state index contributed by atoms with van der Waals surface area (Å²) in [7, 11) is 0. The number of fused-ring (bicyclic) bond motifs is 2. The van der Waals surface area contributed by atoms with Gasteiger partial charge in [-0.1, -0.05) is 22.7 Å². The smallest absolute Gasteiger partial charge is 0.290 e. The van der Waals surface area contributed by atoms with Crippen molar-refractivity contribution in [2.24, 2.45) is 0 Å². The van der Waals surface area contributed by atoms with Crippen LogP contribution in [0.3, 0.4) is 0 Å². The van der Waals surface area contributed by atoms with E-state index in [0.29, 0.717) is 11.2 Å². The molecular formula is C21H21N7O3S2. The van der Waals surface area contributed by atoms with E-state index in [4.69, 9.17) is 29.6 Å². The number of piperidine rings is 1. The highest BCUT2D eigenvalue weighted by atomic mass is 32.1. The SMILES string of the molecule is C[C@H]1C[C@@H](Oc2nc3sc(-c4ncc5[nH]ccc5c4-c4cn[nH]c4)nc3s2)CCN1.O=CO. The van der Waals surface area contributed by atoms with Gasteiger partial charge < -0.3 is 20.1 Å². The molecule has 6 heterocycles. The lowest BCUT2D eigenvalue weighted by molar-refractivity contribution is -0.122. The maximum atomic E-state index is 8.36. The number of pyridine rings is 1. The van der Waals surface area contributed by atoms with Crippen LogP contribution in [0.5, 0.6) is 5.19 Å². The van der Waals surface area contributed by atoms with Gasteiger partial charge in [0.2, 0.25) is 0 Å². The number of nitrogens with one attached hydrogen (secondary N) is 3. The van der Waals surface area contributed by atoms with Crippen LogP contribution in [0.15, 0.2) is 30.9 Å². The summed E-state index contributed by atoms with van der Waals surface area (Å²) in [5.41, 5.74) is 3.83. The van der Waals surface area contributed by atoms with E-state index in [-0.39, 0.29) is 12.6 Å². The van der Waals surface area contributed by atoms with Crippen molar-refractivity contribution < 1.29 is 14.6 Å². The Morgan fingerprint density at radius 3 is 2.85 bits per heavy atom. The zero-order valence-corrected chi connectivity index (χ0v) is 19.2. The second kappa shape index (κ2) is 9.25. The zero-order chi connectivity index (χ0) is 22.8. The first-order chi connectivity index (χ1) is 16.2. The molecule has 0 saturated carbocycles. The number of H-pyrrole nitrogens is 2. The summed E-state index contributed by atoms with van der Waals surface area (Å²) in [6, 6.07) is 2.54. The minimum absolute atomic E-state index is 0.214. The number of carboxylic acid groups (broad SMARTS) is 1. The van der Waals surface area contributed by atoms with Crippen LogP contribution in [0.1, 0.15) is 19.8 Å². The molecule has 2 atom stereocenters. The number of ether oxygens (including phenoxy) is 1. The number of carbonyl (C=O) groups is 1. The Labute approximate surface area is 196 Å². The van der Waals surface area contributed by atoms with Crippen molar-refractivity contribution in [1.29, 1.82) is 0 Å². The van der Waals surface area contributed by atoms with E-state index < -0.39 is 0 Å². The number of aromatic amines is 2. The average Bonchev–Trinajstić information content (AvgIpc) is 3.57. The molecule has 0 amide bonds. The fourth-order valence-electron chi connectivity index (χ4n) is 3.98. The zero-order valence-electron chi connectivity index (χ0n) is 17.6. The number of hydrogen-bond donors (Lipinski definition) is 4. The van der Waals surface area contributed by atoms with Gasteiger partial charge in [-0.2, -0.15) is 10.1 Å². The maximum absolute atomic E-state index is 8.36. The van der Waals surface area contributed by atoms with E-state index in [1.54, 1.807) is 11.3 Å². The molecule has 6 rings (SSSR count). The first-order valence-electron chi connectivity index (χ1n) is 10.4. The van der Waals surface area contributed by atoms with E-state index in [2.05, 4.69) is 33.5 Å². The molecule has 10 nitrogen and oxygen atoms in total. The normalized spacial score (nSPS) is 18.2. The third-order valence-corrected chi connectivity index (χ3v) is 7.32. The molecule has 4 N–H and O–H groups in total. The van der Waals surface area contributed by atoms with Crippen molar-refractivity contribution in [2.75, 3.05) is 6.54 Å². The second-order valence-electron chi connectivity index (χ2n) is 7.61. The first-order valence-corrected chi connectivity index (χ1v) is 12.0. The molecule has 0 bridgehead atoms. The van der Waals surface area contributed by atoms with Gasteiger partial charge in [0.05, 0.1) is 17.9 Å². The highest BCUT2D eigenvalue weighted by Gasteiger charge is 2.23. The fourth-order valence-corrected chi connectivity index (χ4v) is 5.94. The molecule has 5 aromatic rings. The monoisotopic (exact) mass is 483 g/mol. The summed E-state index contributed by atoms with van der Waals surface area (Å²) in [4.78, 5) is 27.6. The molecule has 1 aliphatic rings. The quantitative estimate of drug-likeness (QED) is 0.282. The number of hydrogen-bond acceptors (Lipinski definition) is 9. The summed E-state index contributed by atoms with van der Waals surface area (Å²) < 4.78 is 6.15. The average molecular weight is 484 g/mol. The standard InChI is InChI=1S/C20H19N7OS2.CH2O2/c1-10-6-12(2-4-21-10)28-20-27-19-18(30-20)26-17(29-19)16-15(11-7-24-25-8-11)13-3-5-22-14(13)9-23-16;2-1-3/h3,5,7-10,12,21-22H,2,4,6H2,1H3,(H,24,25);1H,(H,2,3)/t10-,12-;/m0./s1. The van der Waals surface area contributed by atoms with E-state index in [1.165, 1.54) is 11.3 Å². The van der Waals surface area contributed by atoms with Crippen molar-refractivity contribution in [2.45, 2.75) is 31.9 Å². The molecule has 1 fully saturated rings. The molecular weight excluding hydrogens is 462 g/mol. The van der Waals surface area contributed by atoms with Crippen LogP contribution < -0.4 is 10.1 Å². The Morgan fingerprint density at radius 1 is 1.24 bits per heavy atom. The molecule has 170 valence electrons. The third kappa shape index (κ3) is 4.32. The van der Waals surface area contributed by atoms with Gasteiger partial charge in [0.1, 0.15) is 16.8 Å². The Kier molecular flexibility index (Phi) is 6.03.